The van der Waals surface area contributed by atoms with E-state index in [2.05, 4.69) is 140 Å². The van der Waals surface area contributed by atoms with E-state index in [4.69, 9.17) is 9.97 Å². The molecule has 9 rings (SSSR count). The molecule has 0 fully saturated rings. The van der Waals surface area contributed by atoms with Crippen LogP contribution in [0.3, 0.4) is 0 Å². The lowest BCUT2D eigenvalue weighted by atomic mass is 9.90. The maximum Gasteiger partial charge on any atom is 0.160 e. The Morgan fingerprint density at radius 3 is 1.70 bits per heavy atom. The summed E-state index contributed by atoms with van der Waals surface area (Å²) in [6.45, 7) is 0. The third kappa shape index (κ3) is 3.96. The summed E-state index contributed by atoms with van der Waals surface area (Å²) >= 11 is 0. The molecule has 1 aromatic heterocycles. The maximum atomic E-state index is 5.30. The Morgan fingerprint density at radius 1 is 0.318 bits per heavy atom. The van der Waals surface area contributed by atoms with Crippen molar-refractivity contribution in [1.82, 2.24) is 9.97 Å². The lowest BCUT2D eigenvalue weighted by Crippen LogP contribution is -1.97. The van der Waals surface area contributed by atoms with Crippen molar-refractivity contribution >= 4 is 53.9 Å². The highest BCUT2D eigenvalue weighted by atomic mass is 14.9. The fraction of sp³-hybridized carbons (Fsp3) is 0. The summed E-state index contributed by atoms with van der Waals surface area (Å²) in [5.41, 5.74) is 5.04. The van der Waals surface area contributed by atoms with E-state index in [0.717, 1.165) is 33.9 Å². The van der Waals surface area contributed by atoms with Crippen LogP contribution in [0.1, 0.15) is 0 Å². The molecule has 0 spiro atoms. The van der Waals surface area contributed by atoms with Gasteiger partial charge in [-0.3, -0.25) is 0 Å². The molecule has 0 unspecified atom stereocenters. The van der Waals surface area contributed by atoms with Gasteiger partial charge in [0.2, 0.25) is 0 Å². The van der Waals surface area contributed by atoms with E-state index in [1.165, 1.54) is 53.9 Å². The number of rotatable bonds is 3. The van der Waals surface area contributed by atoms with Crippen LogP contribution < -0.4 is 0 Å². The molecule has 0 amide bonds. The minimum absolute atomic E-state index is 0.720. The van der Waals surface area contributed by atoms with Gasteiger partial charge in [-0.1, -0.05) is 140 Å². The molecule has 0 atom stereocenters. The fourth-order valence-electron chi connectivity index (χ4n) is 6.72. The summed E-state index contributed by atoms with van der Waals surface area (Å²) in [4.78, 5) is 10.5. The zero-order chi connectivity index (χ0) is 29.0. The summed E-state index contributed by atoms with van der Waals surface area (Å²) in [6.07, 6.45) is 0. The number of hydrogen-bond acceptors (Lipinski definition) is 2. The van der Waals surface area contributed by atoms with Crippen molar-refractivity contribution in [3.05, 3.63) is 158 Å². The van der Waals surface area contributed by atoms with Gasteiger partial charge < -0.3 is 0 Å². The normalized spacial score (nSPS) is 11.6. The second kappa shape index (κ2) is 9.86. The monoisotopic (exact) mass is 558 g/mol. The first-order valence-electron chi connectivity index (χ1n) is 15.0. The second-order valence-electron chi connectivity index (χ2n) is 11.4. The van der Waals surface area contributed by atoms with Gasteiger partial charge >= 0.3 is 0 Å². The zero-order valence-electron chi connectivity index (χ0n) is 23.9. The van der Waals surface area contributed by atoms with Crippen LogP contribution in [-0.4, -0.2) is 9.97 Å². The topological polar surface area (TPSA) is 25.8 Å². The number of fused-ring (bicyclic) bond motifs is 7. The van der Waals surface area contributed by atoms with E-state index < -0.39 is 0 Å². The van der Waals surface area contributed by atoms with Gasteiger partial charge in [0.15, 0.2) is 5.82 Å². The van der Waals surface area contributed by atoms with Gasteiger partial charge in [-0.15, -0.1) is 0 Å². The largest absolute Gasteiger partial charge is 0.228 e. The first-order valence-corrected chi connectivity index (χ1v) is 15.0. The highest BCUT2D eigenvalue weighted by Crippen LogP contribution is 2.41. The first kappa shape index (κ1) is 24.7. The molecule has 0 bridgehead atoms. The Bertz CT molecular complexity index is 2550. The van der Waals surface area contributed by atoms with Crippen LogP contribution in [0.2, 0.25) is 0 Å². The molecule has 9 aromatic rings. The van der Waals surface area contributed by atoms with Crippen molar-refractivity contribution in [1.29, 1.82) is 0 Å². The van der Waals surface area contributed by atoms with Crippen molar-refractivity contribution in [3.8, 4) is 33.9 Å². The summed E-state index contributed by atoms with van der Waals surface area (Å²) < 4.78 is 0. The second-order valence-corrected chi connectivity index (χ2v) is 11.4. The quantitative estimate of drug-likeness (QED) is 0.159. The van der Waals surface area contributed by atoms with Gasteiger partial charge in [0.25, 0.3) is 0 Å². The van der Waals surface area contributed by atoms with E-state index in [1.54, 1.807) is 0 Å². The van der Waals surface area contributed by atoms with E-state index in [-0.39, 0.29) is 0 Å². The molecule has 204 valence electrons. The van der Waals surface area contributed by atoms with Crippen LogP contribution in [-0.2, 0) is 0 Å². The summed E-state index contributed by atoms with van der Waals surface area (Å²) in [5.74, 6) is 0.720. The predicted octanol–water partition coefficient (Wildman–Crippen LogP) is 11.2. The third-order valence-corrected chi connectivity index (χ3v) is 8.81. The average molecular weight is 559 g/mol. The third-order valence-electron chi connectivity index (χ3n) is 8.81. The van der Waals surface area contributed by atoms with Gasteiger partial charge in [0.05, 0.1) is 11.4 Å². The first-order chi connectivity index (χ1) is 21.8. The van der Waals surface area contributed by atoms with Crippen molar-refractivity contribution in [2.24, 2.45) is 0 Å². The standard InChI is InChI=1S/C42H26N2/c1-2-12-29(13-3-1)42-43-38(32-22-23-35-31(24-32)20-18-27-10-4-7-15-34(27)35)26-39(44-42)41-37-17-9-6-14-30(37)25-33-21-19-28-11-5-8-16-36(28)40(33)41/h1-26H. The molecule has 0 aliphatic heterocycles. The predicted molar refractivity (Wildman–Crippen MR) is 186 cm³/mol. The summed E-state index contributed by atoms with van der Waals surface area (Å²) in [6, 6.07) is 56.2. The molecule has 2 heteroatoms. The van der Waals surface area contributed by atoms with Crippen LogP contribution >= 0.6 is 0 Å². The van der Waals surface area contributed by atoms with Crippen LogP contribution in [0.4, 0.5) is 0 Å². The van der Waals surface area contributed by atoms with Crippen molar-refractivity contribution in [2.45, 2.75) is 0 Å². The van der Waals surface area contributed by atoms with Gasteiger partial charge in [-0.25, -0.2) is 9.97 Å². The fourth-order valence-corrected chi connectivity index (χ4v) is 6.72. The molecular formula is C42H26N2. The highest BCUT2D eigenvalue weighted by Gasteiger charge is 2.17. The minimum atomic E-state index is 0.720. The Morgan fingerprint density at radius 2 is 0.886 bits per heavy atom. The Hall–Kier alpha value is -5.86. The minimum Gasteiger partial charge on any atom is -0.228 e. The Balaban J connectivity index is 1.37. The van der Waals surface area contributed by atoms with Crippen molar-refractivity contribution in [3.63, 3.8) is 0 Å². The molecule has 0 radical (unpaired) electrons. The maximum absolute atomic E-state index is 5.30. The number of nitrogens with zero attached hydrogens (tertiary/aromatic N) is 2. The molecule has 0 aliphatic rings. The van der Waals surface area contributed by atoms with Crippen LogP contribution in [0.25, 0.3) is 87.8 Å². The van der Waals surface area contributed by atoms with Crippen molar-refractivity contribution < 1.29 is 0 Å². The molecule has 0 aliphatic carbocycles. The molecular weight excluding hydrogens is 532 g/mol. The highest BCUT2D eigenvalue weighted by molar-refractivity contribution is 6.21. The van der Waals surface area contributed by atoms with Gasteiger partial charge in [-0.05, 0) is 72.1 Å². The number of aromatic nitrogens is 2. The molecule has 1 heterocycles. The summed E-state index contributed by atoms with van der Waals surface area (Å²) in [5, 5.41) is 12.2. The Labute approximate surface area is 254 Å². The van der Waals surface area contributed by atoms with Gasteiger partial charge in [-0.2, -0.15) is 0 Å². The number of benzene rings is 8. The molecule has 0 N–H and O–H groups in total. The summed E-state index contributed by atoms with van der Waals surface area (Å²) in [7, 11) is 0. The molecule has 8 aromatic carbocycles. The lowest BCUT2D eigenvalue weighted by molar-refractivity contribution is 1.19. The van der Waals surface area contributed by atoms with Crippen molar-refractivity contribution in [2.75, 3.05) is 0 Å². The SMILES string of the molecule is c1ccc(-c2nc(-c3ccc4c(ccc5ccccc54)c3)cc(-c3c4ccccc4cc4ccc5ccccc5c34)n2)cc1. The van der Waals surface area contributed by atoms with E-state index >= 15 is 0 Å². The van der Waals surface area contributed by atoms with E-state index in [1.807, 2.05) is 18.2 Å². The molecule has 2 nitrogen and oxygen atoms in total. The van der Waals surface area contributed by atoms with Crippen LogP contribution in [0.5, 0.6) is 0 Å². The lowest BCUT2D eigenvalue weighted by Gasteiger charge is -2.16. The molecule has 44 heavy (non-hydrogen) atoms. The average Bonchev–Trinajstić information content (AvgIpc) is 3.10. The number of hydrogen-bond donors (Lipinski definition) is 0. The van der Waals surface area contributed by atoms with Gasteiger partial charge in [0.1, 0.15) is 0 Å². The zero-order valence-corrected chi connectivity index (χ0v) is 23.9. The Kier molecular flexibility index (Phi) is 5.54. The van der Waals surface area contributed by atoms with Gasteiger partial charge in [0, 0.05) is 16.7 Å². The van der Waals surface area contributed by atoms with E-state index in [9.17, 15) is 0 Å². The van der Waals surface area contributed by atoms with E-state index in [0.29, 0.717) is 0 Å². The van der Waals surface area contributed by atoms with Crippen LogP contribution in [0.15, 0.2) is 158 Å². The molecule has 0 saturated heterocycles. The smallest absolute Gasteiger partial charge is 0.160 e. The van der Waals surface area contributed by atoms with Crippen LogP contribution in [0, 0.1) is 0 Å². The molecule has 0 saturated carbocycles.